The van der Waals surface area contributed by atoms with Gasteiger partial charge in [-0.15, -0.1) is 0 Å². The van der Waals surface area contributed by atoms with Gasteiger partial charge in [-0.1, -0.05) is 38.1 Å². The number of anilines is 1. The highest BCUT2D eigenvalue weighted by Crippen LogP contribution is 2.35. The van der Waals surface area contributed by atoms with Gasteiger partial charge in [0.2, 0.25) is 0 Å². The quantitative estimate of drug-likeness (QED) is 0.673. The zero-order valence-corrected chi connectivity index (χ0v) is 18.4. The van der Waals surface area contributed by atoms with Crippen molar-refractivity contribution in [3.8, 4) is 5.75 Å². The van der Waals surface area contributed by atoms with Gasteiger partial charge >= 0.3 is 0 Å². The van der Waals surface area contributed by atoms with Crippen molar-refractivity contribution in [3.63, 3.8) is 0 Å². The molecule has 2 amide bonds. The fraction of sp³-hybridized carbons (Fsp3) is 0.360. The van der Waals surface area contributed by atoms with Crippen molar-refractivity contribution in [3.05, 3.63) is 65.4 Å². The van der Waals surface area contributed by atoms with Crippen molar-refractivity contribution >= 4 is 23.1 Å². The van der Waals surface area contributed by atoms with E-state index in [1.54, 1.807) is 7.11 Å². The van der Waals surface area contributed by atoms with Gasteiger partial charge in [-0.3, -0.25) is 9.59 Å². The highest BCUT2D eigenvalue weighted by molar-refractivity contribution is 6.45. The predicted octanol–water partition coefficient (Wildman–Crippen LogP) is 3.18. The molecule has 2 heterocycles. The lowest BCUT2D eigenvalue weighted by atomic mass is 10.0. The van der Waals surface area contributed by atoms with Gasteiger partial charge in [-0.2, -0.15) is 0 Å². The number of benzene rings is 2. The van der Waals surface area contributed by atoms with Crippen LogP contribution >= 0.6 is 0 Å². The molecule has 0 aliphatic carbocycles. The van der Waals surface area contributed by atoms with Crippen molar-refractivity contribution < 1.29 is 14.3 Å². The lowest BCUT2D eigenvalue weighted by molar-refractivity contribution is -0.120. The molecule has 31 heavy (non-hydrogen) atoms. The Morgan fingerprint density at radius 2 is 1.48 bits per heavy atom. The smallest absolute Gasteiger partial charge is 0.282 e. The van der Waals surface area contributed by atoms with Crippen LogP contribution in [0.2, 0.25) is 0 Å². The summed E-state index contributed by atoms with van der Waals surface area (Å²) in [6.07, 6.45) is 0.907. The van der Waals surface area contributed by atoms with Crippen LogP contribution in [0.4, 0.5) is 5.69 Å². The summed E-state index contributed by atoms with van der Waals surface area (Å²) in [5.41, 5.74) is 3.49. The Labute approximate surface area is 183 Å². The summed E-state index contributed by atoms with van der Waals surface area (Å²) >= 11 is 0. The largest absolute Gasteiger partial charge is 0.497 e. The maximum Gasteiger partial charge on any atom is 0.282 e. The molecule has 2 aromatic carbocycles. The van der Waals surface area contributed by atoms with Crippen LogP contribution in [0.25, 0.3) is 5.57 Å². The number of nitrogens with zero attached hydrogens (tertiary/aromatic N) is 3. The van der Waals surface area contributed by atoms with Crippen LogP contribution in [0.1, 0.15) is 25.0 Å². The van der Waals surface area contributed by atoms with Crippen molar-refractivity contribution in [2.45, 2.75) is 20.3 Å². The molecule has 6 nitrogen and oxygen atoms in total. The number of ether oxygens (including phenoxy) is 1. The van der Waals surface area contributed by atoms with E-state index in [1.165, 1.54) is 10.5 Å². The molecule has 6 heteroatoms. The second kappa shape index (κ2) is 8.94. The minimum Gasteiger partial charge on any atom is -0.497 e. The molecule has 0 aromatic heterocycles. The van der Waals surface area contributed by atoms with E-state index in [9.17, 15) is 9.59 Å². The SMILES string of the molecule is CCc1ccc(N2C(=O)C(c3ccc(OC)cc3)=C(N3CCN(CC)CC3)C2=O)cc1. The number of hydrogen-bond donors (Lipinski definition) is 0. The average Bonchev–Trinajstić information content (AvgIpc) is 3.09. The van der Waals surface area contributed by atoms with E-state index in [1.807, 2.05) is 48.5 Å². The second-order valence-corrected chi connectivity index (χ2v) is 7.84. The molecule has 2 aromatic rings. The summed E-state index contributed by atoms with van der Waals surface area (Å²) in [6, 6.07) is 15.0. The molecule has 162 valence electrons. The first-order valence-corrected chi connectivity index (χ1v) is 10.9. The molecule has 0 radical (unpaired) electrons. The van der Waals surface area contributed by atoms with Crippen LogP contribution in [-0.2, 0) is 16.0 Å². The lowest BCUT2D eigenvalue weighted by Gasteiger charge is -2.36. The molecule has 1 fully saturated rings. The Morgan fingerprint density at radius 3 is 2.03 bits per heavy atom. The topological polar surface area (TPSA) is 53.1 Å². The average molecular weight is 420 g/mol. The third-order valence-corrected chi connectivity index (χ3v) is 6.18. The molecule has 4 rings (SSSR count). The van der Waals surface area contributed by atoms with Gasteiger partial charge < -0.3 is 14.5 Å². The van der Waals surface area contributed by atoms with E-state index in [4.69, 9.17) is 4.74 Å². The number of aryl methyl sites for hydroxylation is 1. The van der Waals surface area contributed by atoms with E-state index in [0.717, 1.165) is 44.7 Å². The van der Waals surface area contributed by atoms with Gasteiger partial charge in [0.1, 0.15) is 11.4 Å². The normalized spacial score (nSPS) is 17.6. The minimum atomic E-state index is -0.271. The Bertz CT molecular complexity index is 988. The minimum absolute atomic E-state index is 0.245. The number of imide groups is 1. The van der Waals surface area contributed by atoms with Gasteiger partial charge in [0.15, 0.2) is 0 Å². The number of amides is 2. The monoisotopic (exact) mass is 419 g/mol. The molecule has 0 spiro atoms. The van der Waals surface area contributed by atoms with Gasteiger partial charge in [-0.25, -0.2) is 4.90 Å². The molecule has 0 N–H and O–H groups in total. The van der Waals surface area contributed by atoms with Gasteiger partial charge in [-0.05, 0) is 48.4 Å². The van der Waals surface area contributed by atoms with Gasteiger partial charge in [0, 0.05) is 26.2 Å². The van der Waals surface area contributed by atoms with Crippen LogP contribution in [0.5, 0.6) is 5.75 Å². The fourth-order valence-electron chi connectivity index (χ4n) is 4.23. The molecule has 2 aliphatic rings. The first kappa shape index (κ1) is 21.1. The Kier molecular flexibility index (Phi) is 6.09. The maximum absolute atomic E-state index is 13.6. The maximum atomic E-state index is 13.6. The molecule has 0 atom stereocenters. The summed E-state index contributed by atoms with van der Waals surface area (Å²) < 4.78 is 5.27. The molecule has 1 saturated heterocycles. The number of methoxy groups -OCH3 is 1. The highest BCUT2D eigenvalue weighted by atomic mass is 16.5. The first-order chi connectivity index (χ1) is 15.1. The molecule has 2 aliphatic heterocycles. The summed E-state index contributed by atoms with van der Waals surface area (Å²) in [5.74, 6) is 0.198. The van der Waals surface area contributed by atoms with Crippen LogP contribution in [0.15, 0.2) is 54.2 Å². The number of rotatable bonds is 6. The van der Waals surface area contributed by atoms with Crippen molar-refractivity contribution in [2.24, 2.45) is 0 Å². The number of likely N-dealkylation sites (N-methyl/N-ethyl adjacent to an activating group) is 1. The second-order valence-electron chi connectivity index (χ2n) is 7.84. The van der Waals surface area contributed by atoms with Crippen LogP contribution in [0.3, 0.4) is 0 Å². The predicted molar refractivity (Wildman–Crippen MR) is 122 cm³/mol. The summed E-state index contributed by atoms with van der Waals surface area (Å²) in [5, 5.41) is 0. The number of carbonyl (C=O) groups excluding carboxylic acids is 2. The molecule has 0 unspecified atom stereocenters. The molecule has 0 bridgehead atoms. The van der Waals surface area contributed by atoms with E-state index in [-0.39, 0.29) is 11.8 Å². The molecular formula is C25H29N3O3. The van der Waals surface area contributed by atoms with E-state index < -0.39 is 0 Å². The Balaban J connectivity index is 1.74. The van der Waals surface area contributed by atoms with Crippen molar-refractivity contribution in [2.75, 3.05) is 44.7 Å². The van der Waals surface area contributed by atoms with Crippen LogP contribution in [0, 0.1) is 0 Å². The molecule has 0 saturated carbocycles. The zero-order valence-electron chi connectivity index (χ0n) is 18.4. The van der Waals surface area contributed by atoms with Crippen LogP contribution < -0.4 is 9.64 Å². The third-order valence-electron chi connectivity index (χ3n) is 6.18. The summed E-state index contributed by atoms with van der Waals surface area (Å²) in [6.45, 7) is 8.42. The van der Waals surface area contributed by atoms with Gasteiger partial charge in [0.25, 0.3) is 11.8 Å². The Morgan fingerprint density at radius 1 is 0.839 bits per heavy atom. The number of hydrogen-bond acceptors (Lipinski definition) is 5. The number of piperazine rings is 1. The fourth-order valence-corrected chi connectivity index (χ4v) is 4.23. The highest BCUT2D eigenvalue weighted by Gasteiger charge is 2.43. The standard InChI is InChI=1S/C25H29N3O3/c1-4-18-6-10-20(11-7-18)28-24(29)22(19-8-12-21(31-3)13-9-19)23(25(28)30)27-16-14-26(5-2)15-17-27/h6-13H,4-5,14-17H2,1-3H3. The zero-order chi connectivity index (χ0) is 22.0. The molecular weight excluding hydrogens is 390 g/mol. The Hall–Kier alpha value is -3.12. The van der Waals surface area contributed by atoms with Gasteiger partial charge in [0.05, 0.1) is 18.4 Å². The van der Waals surface area contributed by atoms with E-state index in [0.29, 0.717) is 22.7 Å². The summed E-state index contributed by atoms with van der Waals surface area (Å²) in [7, 11) is 1.61. The lowest BCUT2D eigenvalue weighted by Crippen LogP contribution is -2.47. The van der Waals surface area contributed by atoms with Crippen LogP contribution in [-0.4, -0.2) is 61.4 Å². The number of carbonyl (C=O) groups is 2. The van der Waals surface area contributed by atoms with Crippen molar-refractivity contribution in [1.29, 1.82) is 0 Å². The van der Waals surface area contributed by atoms with E-state index >= 15 is 0 Å². The summed E-state index contributed by atoms with van der Waals surface area (Å²) in [4.78, 5) is 32.9. The van der Waals surface area contributed by atoms with Crippen molar-refractivity contribution in [1.82, 2.24) is 9.80 Å². The third kappa shape index (κ3) is 3.95. The first-order valence-electron chi connectivity index (χ1n) is 10.9. The van der Waals surface area contributed by atoms with E-state index in [2.05, 4.69) is 23.6 Å².